The van der Waals surface area contributed by atoms with E-state index in [1.165, 1.54) is 4.90 Å². The predicted octanol–water partition coefficient (Wildman–Crippen LogP) is 0.538. The summed E-state index contributed by atoms with van der Waals surface area (Å²) >= 11 is 1.81. The Kier molecular flexibility index (Phi) is 5.04. The van der Waals surface area contributed by atoms with E-state index < -0.39 is 0 Å². The fraction of sp³-hybridized carbons (Fsp3) is 0.462. The molecule has 1 aromatic rings. The number of nitrogens with zero attached hydrogens (tertiary/aromatic N) is 1. The van der Waals surface area contributed by atoms with E-state index in [4.69, 9.17) is 5.73 Å². The molecule has 0 saturated carbocycles. The Bertz CT molecular complexity index is 385. The number of rotatable bonds is 5. The first-order valence-corrected chi connectivity index (χ1v) is 7.18. The molecule has 1 amide bonds. The first-order chi connectivity index (χ1) is 8.77. The largest absolute Gasteiger partial charge is 0.368 e. The van der Waals surface area contributed by atoms with Gasteiger partial charge in [-0.3, -0.25) is 9.69 Å². The number of amides is 1. The normalized spacial score (nSPS) is 20.8. The zero-order valence-electron chi connectivity index (χ0n) is 10.3. The van der Waals surface area contributed by atoms with Crippen LogP contribution in [-0.2, 0) is 4.79 Å². The number of nitrogens with two attached hydrogens (primary N) is 1. The van der Waals surface area contributed by atoms with Gasteiger partial charge in [-0.25, -0.2) is 0 Å². The Morgan fingerprint density at radius 1 is 1.44 bits per heavy atom. The Labute approximate surface area is 112 Å². The van der Waals surface area contributed by atoms with Crippen molar-refractivity contribution >= 4 is 17.7 Å². The molecule has 1 unspecified atom stereocenters. The maximum Gasteiger partial charge on any atom is 0.236 e. The molecular formula is C13H19N3OS. The molecule has 1 aliphatic rings. The maximum absolute atomic E-state index is 11.3. The van der Waals surface area contributed by atoms with Crippen molar-refractivity contribution in [3.63, 3.8) is 0 Å². The Morgan fingerprint density at radius 2 is 2.22 bits per heavy atom. The molecule has 18 heavy (non-hydrogen) atoms. The van der Waals surface area contributed by atoms with E-state index in [1.807, 2.05) is 30.0 Å². The first kappa shape index (κ1) is 13.4. The highest BCUT2D eigenvalue weighted by atomic mass is 32.2. The lowest BCUT2D eigenvalue weighted by Gasteiger charge is -2.33. The molecule has 0 spiro atoms. The molecule has 0 radical (unpaired) electrons. The number of carbonyl (C=O) groups excluding carboxylic acids is 1. The summed E-state index contributed by atoms with van der Waals surface area (Å²) in [7, 11) is 0. The summed E-state index contributed by atoms with van der Waals surface area (Å²) in [4.78, 5) is 14.8. The average molecular weight is 265 g/mol. The quantitative estimate of drug-likeness (QED) is 0.763. The van der Waals surface area contributed by atoms with Gasteiger partial charge < -0.3 is 11.1 Å². The van der Waals surface area contributed by atoms with Crippen molar-refractivity contribution in [3.05, 3.63) is 30.3 Å². The highest BCUT2D eigenvalue weighted by Crippen LogP contribution is 2.17. The van der Waals surface area contributed by atoms with Crippen molar-refractivity contribution in [3.8, 4) is 0 Å². The van der Waals surface area contributed by atoms with Crippen molar-refractivity contribution in [1.29, 1.82) is 0 Å². The standard InChI is InChI=1S/C13H19N3OS/c14-13(17)12-10-15-6-7-16(12)8-9-18-11-4-2-1-3-5-11/h1-5,12,15H,6-10H2,(H2,14,17). The molecule has 2 rings (SSSR count). The van der Waals surface area contributed by atoms with E-state index >= 15 is 0 Å². The average Bonchev–Trinajstić information content (AvgIpc) is 2.40. The molecule has 4 nitrogen and oxygen atoms in total. The summed E-state index contributed by atoms with van der Waals surface area (Å²) in [5.74, 6) is 0.750. The first-order valence-electron chi connectivity index (χ1n) is 6.19. The molecule has 1 fully saturated rings. The molecule has 0 aromatic heterocycles. The van der Waals surface area contributed by atoms with Crippen molar-refractivity contribution in [2.45, 2.75) is 10.9 Å². The second kappa shape index (κ2) is 6.78. The molecule has 1 atom stereocenters. The smallest absolute Gasteiger partial charge is 0.236 e. The highest BCUT2D eigenvalue weighted by molar-refractivity contribution is 7.99. The van der Waals surface area contributed by atoms with Gasteiger partial charge in [0.05, 0.1) is 0 Å². The fourth-order valence-corrected chi connectivity index (χ4v) is 3.00. The number of thioether (sulfide) groups is 1. The lowest BCUT2D eigenvalue weighted by molar-refractivity contribution is -0.123. The van der Waals surface area contributed by atoms with Crippen LogP contribution in [0.15, 0.2) is 35.2 Å². The van der Waals surface area contributed by atoms with Crippen LogP contribution in [0.25, 0.3) is 0 Å². The van der Waals surface area contributed by atoms with Crippen LogP contribution in [0.5, 0.6) is 0 Å². The zero-order chi connectivity index (χ0) is 12.8. The molecule has 0 aliphatic carbocycles. The van der Waals surface area contributed by atoms with Crippen LogP contribution < -0.4 is 11.1 Å². The van der Waals surface area contributed by atoms with E-state index in [9.17, 15) is 4.79 Å². The Morgan fingerprint density at radius 3 is 2.94 bits per heavy atom. The predicted molar refractivity (Wildman–Crippen MR) is 74.6 cm³/mol. The van der Waals surface area contributed by atoms with Gasteiger partial charge in [0.25, 0.3) is 0 Å². The topological polar surface area (TPSA) is 58.4 Å². The third kappa shape index (κ3) is 3.73. The number of nitrogens with one attached hydrogen (secondary N) is 1. The second-order valence-electron chi connectivity index (χ2n) is 4.32. The van der Waals surface area contributed by atoms with E-state index in [0.29, 0.717) is 6.54 Å². The third-order valence-electron chi connectivity index (χ3n) is 3.07. The minimum atomic E-state index is -0.230. The maximum atomic E-state index is 11.3. The van der Waals surface area contributed by atoms with Gasteiger partial charge in [-0.1, -0.05) is 18.2 Å². The summed E-state index contributed by atoms with van der Waals surface area (Å²) in [6.07, 6.45) is 0. The van der Waals surface area contributed by atoms with Crippen LogP contribution >= 0.6 is 11.8 Å². The van der Waals surface area contributed by atoms with Crippen LogP contribution in [-0.4, -0.2) is 48.8 Å². The summed E-state index contributed by atoms with van der Waals surface area (Å²) in [6.45, 7) is 3.39. The molecule has 1 heterocycles. The fourth-order valence-electron chi connectivity index (χ4n) is 2.09. The molecule has 1 aliphatic heterocycles. The van der Waals surface area contributed by atoms with Gasteiger partial charge in [0, 0.05) is 36.8 Å². The van der Waals surface area contributed by atoms with Gasteiger partial charge >= 0.3 is 0 Å². The van der Waals surface area contributed by atoms with Crippen LogP contribution in [0.4, 0.5) is 0 Å². The van der Waals surface area contributed by atoms with Crippen LogP contribution in [0.2, 0.25) is 0 Å². The lowest BCUT2D eigenvalue weighted by atomic mass is 10.2. The van der Waals surface area contributed by atoms with Crippen molar-refractivity contribution in [2.24, 2.45) is 5.73 Å². The summed E-state index contributed by atoms with van der Waals surface area (Å²) in [5, 5.41) is 3.20. The van der Waals surface area contributed by atoms with Gasteiger partial charge in [-0.15, -0.1) is 11.8 Å². The second-order valence-corrected chi connectivity index (χ2v) is 5.49. The molecular weight excluding hydrogens is 246 g/mol. The number of carbonyl (C=O) groups is 1. The minimum absolute atomic E-state index is 0.157. The van der Waals surface area contributed by atoms with Crippen molar-refractivity contribution < 1.29 is 4.79 Å². The molecule has 0 bridgehead atoms. The number of benzene rings is 1. The molecule has 1 saturated heterocycles. The van der Waals surface area contributed by atoms with Gasteiger partial charge in [0.2, 0.25) is 5.91 Å². The van der Waals surface area contributed by atoms with E-state index in [1.54, 1.807) is 0 Å². The van der Waals surface area contributed by atoms with Gasteiger partial charge in [-0.05, 0) is 12.1 Å². The van der Waals surface area contributed by atoms with Crippen molar-refractivity contribution in [2.75, 3.05) is 31.9 Å². The Balaban J connectivity index is 1.79. The third-order valence-corrected chi connectivity index (χ3v) is 4.07. The summed E-state index contributed by atoms with van der Waals surface area (Å²) in [6, 6.07) is 10.2. The van der Waals surface area contributed by atoms with E-state index in [2.05, 4.69) is 22.3 Å². The highest BCUT2D eigenvalue weighted by Gasteiger charge is 2.25. The number of hydrogen-bond acceptors (Lipinski definition) is 4. The van der Waals surface area contributed by atoms with E-state index in [0.717, 1.165) is 25.4 Å². The van der Waals surface area contributed by atoms with E-state index in [-0.39, 0.29) is 11.9 Å². The lowest BCUT2D eigenvalue weighted by Crippen LogP contribution is -2.57. The monoisotopic (exact) mass is 265 g/mol. The van der Waals surface area contributed by atoms with Gasteiger partial charge in [0.15, 0.2) is 0 Å². The molecule has 1 aromatic carbocycles. The van der Waals surface area contributed by atoms with Crippen LogP contribution in [0, 0.1) is 0 Å². The number of piperazine rings is 1. The van der Waals surface area contributed by atoms with Crippen LogP contribution in [0.3, 0.4) is 0 Å². The molecule has 98 valence electrons. The number of hydrogen-bond donors (Lipinski definition) is 2. The number of primary amides is 1. The van der Waals surface area contributed by atoms with Gasteiger partial charge in [0.1, 0.15) is 6.04 Å². The Hall–Kier alpha value is -1.04. The zero-order valence-corrected chi connectivity index (χ0v) is 11.2. The summed E-state index contributed by atoms with van der Waals surface area (Å²) < 4.78 is 0. The summed E-state index contributed by atoms with van der Waals surface area (Å²) in [5.41, 5.74) is 5.41. The van der Waals surface area contributed by atoms with Gasteiger partial charge in [-0.2, -0.15) is 0 Å². The SMILES string of the molecule is NC(=O)C1CNCCN1CCSc1ccccc1. The van der Waals surface area contributed by atoms with Crippen molar-refractivity contribution in [1.82, 2.24) is 10.2 Å². The minimum Gasteiger partial charge on any atom is -0.368 e. The molecule has 3 N–H and O–H groups in total. The molecule has 5 heteroatoms. The van der Waals surface area contributed by atoms with Crippen LogP contribution in [0.1, 0.15) is 0 Å².